The van der Waals surface area contributed by atoms with Gasteiger partial charge in [-0.15, -0.1) is 0 Å². The first-order chi connectivity index (χ1) is 2.56. The normalized spacial score (nSPS) is 10.3. The molecule has 0 aromatic rings. The van der Waals surface area contributed by atoms with E-state index in [-0.39, 0.29) is 9.45 Å². The minimum atomic E-state index is 0. The van der Waals surface area contributed by atoms with Crippen LogP contribution in [0.3, 0.4) is 0 Å². The third-order valence-electron chi connectivity index (χ3n) is 0.231. The number of hydrogen-bond donors (Lipinski definition) is 0. The van der Waals surface area contributed by atoms with E-state index in [1.165, 1.54) is 11.0 Å². The van der Waals surface area contributed by atoms with Crippen LogP contribution < -0.4 is 0 Å². The van der Waals surface area contributed by atoms with Crippen molar-refractivity contribution in [3.8, 4) is 0 Å². The van der Waals surface area contributed by atoms with Gasteiger partial charge in [-0.25, -0.2) is 0 Å². The SMILES string of the molecule is CC(C)(C)SCl.F. The van der Waals surface area contributed by atoms with E-state index >= 15 is 0 Å². The van der Waals surface area contributed by atoms with Crippen LogP contribution >= 0.6 is 21.7 Å². The van der Waals surface area contributed by atoms with Crippen molar-refractivity contribution in [2.45, 2.75) is 25.5 Å². The van der Waals surface area contributed by atoms with Gasteiger partial charge in [-0.1, -0.05) is 0 Å². The molecular formula is C4H10ClFS. The summed E-state index contributed by atoms with van der Waals surface area (Å²) < 4.78 is 0.224. The van der Waals surface area contributed by atoms with Gasteiger partial charge in [-0.2, -0.15) is 0 Å². The van der Waals surface area contributed by atoms with Crippen LogP contribution in [0.2, 0.25) is 0 Å². The van der Waals surface area contributed by atoms with Crippen LogP contribution in [0.1, 0.15) is 20.8 Å². The lowest BCUT2D eigenvalue weighted by atomic mass is 10.3. The van der Waals surface area contributed by atoms with Gasteiger partial charge in [0.2, 0.25) is 0 Å². The lowest BCUT2D eigenvalue weighted by Gasteiger charge is -2.09. The molecule has 0 nitrogen and oxygen atoms in total. The maximum absolute atomic E-state index is 5.39. The Morgan fingerprint density at radius 3 is 1.43 bits per heavy atom. The molecule has 0 bridgehead atoms. The van der Waals surface area contributed by atoms with Crippen LogP contribution in [0, 0.1) is 0 Å². The lowest BCUT2D eigenvalue weighted by Crippen LogP contribution is -2.02. The summed E-state index contributed by atoms with van der Waals surface area (Å²) in [6.45, 7) is 6.22. The molecule has 0 amide bonds. The number of hydrogen-bond acceptors (Lipinski definition) is 1. The molecule has 0 aromatic carbocycles. The minimum absolute atomic E-state index is 0. The van der Waals surface area contributed by atoms with Crippen LogP contribution in [0.15, 0.2) is 0 Å². The Balaban J connectivity index is 0. The van der Waals surface area contributed by atoms with Crippen molar-refractivity contribution in [1.82, 2.24) is 0 Å². The predicted octanol–water partition coefficient (Wildman–Crippen LogP) is 2.82. The summed E-state index contributed by atoms with van der Waals surface area (Å²) in [6.07, 6.45) is 0. The molecule has 0 rings (SSSR count). The van der Waals surface area contributed by atoms with Crippen LogP contribution in [0.5, 0.6) is 0 Å². The summed E-state index contributed by atoms with van der Waals surface area (Å²) in [4.78, 5) is 0. The van der Waals surface area contributed by atoms with E-state index in [0.717, 1.165) is 0 Å². The lowest BCUT2D eigenvalue weighted by molar-refractivity contribution is 0.810. The Morgan fingerprint density at radius 2 is 1.43 bits per heavy atom. The molecular weight excluding hydrogens is 135 g/mol. The second-order valence-corrected chi connectivity index (χ2v) is 4.03. The molecule has 0 atom stereocenters. The maximum atomic E-state index is 5.39. The van der Waals surface area contributed by atoms with Crippen LogP contribution in [0.4, 0.5) is 4.70 Å². The quantitative estimate of drug-likeness (QED) is 0.504. The molecule has 0 aliphatic heterocycles. The summed E-state index contributed by atoms with van der Waals surface area (Å²) >= 11 is 0. The zero-order valence-corrected chi connectivity index (χ0v) is 6.27. The van der Waals surface area contributed by atoms with Crippen molar-refractivity contribution in [2.75, 3.05) is 0 Å². The third-order valence-corrected chi connectivity index (χ3v) is 2.08. The van der Waals surface area contributed by atoms with Gasteiger partial charge in [-0.05, 0) is 42.4 Å². The molecule has 7 heavy (non-hydrogen) atoms. The van der Waals surface area contributed by atoms with E-state index < -0.39 is 0 Å². The van der Waals surface area contributed by atoms with Gasteiger partial charge in [0.25, 0.3) is 0 Å². The molecule has 0 N–H and O–H groups in total. The summed E-state index contributed by atoms with van der Waals surface area (Å²) in [5.74, 6) is 0. The van der Waals surface area contributed by atoms with E-state index in [1.807, 2.05) is 0 Å². The van der Waals surface area contributed by atoms with Crippen molar-refractivity contribution >= 4 is 21.7 Å². The van der Waals surface area contributed by atoms with Crippen LogP contribution in [0.25, 0.3) is 0 Å². The van der Waals surface area contributed by atoms with E-state index in [2.05, 4.69) is 20.8 Å². The van der Waals surface area contributed by atoms with Crippen molar-refractivity contribution in [2.24, 2.45) is 0 Å². The Morgan fingerprint density at radius 1 is 1.29 bits per heavy atom. The third kappa shape index (κ3) is 10.8. The molecule has 0 saturated heterocycles. The molecule has 0 aromatic heterocycles. The highest BCUT2D eigenvalue weighted by Crippen LogP contribution is 2.26. The van der Waals surface area contributed by atoms with Crippen molar-refractivity contribution in [1.29, 1.82) is 0 Å². The molecule has 0 radical (unpaired) electrons. The smallest absolute Gasteiger partial charge is 0.0227 e. The first kappa shape index (κ1) is 10.5. The van der Waals surface area contributed by atoms with E-state index in [9.17, 15) is 0 Å². The van der Waals surface area contributed by atoms with Gasteiger partial charge in [-0.3, -0.25) is 4.70 Å². The second-order valence-electron chi connectivity index (χ2n) is 2.19. The van der Waals surface area contributed by atoms with Gasteiger partial charge in [0.15, 0.2) is 0 Å². The summed E-state index contributed by atoms with van der Waals surface area (Å²) in [5, 5.41) is 0. The molecule has 0 spiro atoms. The van der Waals surface area contributed by atoms with Crippen molar-refractivity contribution in [3.05, 3.63) is 0 Å². The van der Waals surface area contributed by atoms with Crippen LogP contribution in [-0.4, -0.2) is 4.75 Å². The van der Waals surface area contributed by atoms with E-state index in [0.29, 0.717) is 0 Å². The Kier molecular flexibility index (Phi) is 5.35. The van der Waals surface area contributed by atoms with E-state index in [4.69, 9.17) is 10.7 Å². The topological polar surface area (TPSA) is 0 Å². The zero-order valence-electron chi connectivity index (χ0n) is 4.69. The first-order valence-electron chi connectivity index (χ1n) is 1.86. The van der Waals surface area contributed by atoms with Gasteiger partial charge in [0, 0.05) is 4.75 Å². The molecule has 0 aliphatic carbocycles. The maximum Gasteiger partial charge on any atom is 0.0227 e. The average Bonchev–Trinajstić information content (AvgIpc) is 1.35. The van der Waals surface area contributed by atoms with Gasteiger partial charge >= 0.3 is 0 Å². The van der Waals surface area contributed by atoms with Gasteiger partial charge in [0.05, 0.1) is 0 Å². The van der Waals surface area contributed by atoms with Gasteiger partial charge < -0.3 is 0 Å². The average molecular weight is 145 g/mol. The molecule has 0 heterocycles. The molecule has 46 valence electrons. The standard InChI is InChI=1S/C4H9ClS.FH/c1-4(2,3)6-5;/h1-3H3;1H. The molecule has 3 heteroatoms. The fourth-order valence-electron chi connectivity index (χ4n) is 0. The van der Waals surface area contributed by atoms with E-state index in [1.54, 1.807) is 0 Å². The zero-order chi connectivity index (χ0) is 5.21. The predicted molar refractivity (Wildman–Crippen MR) is 35.7 cm³/mol. The van der Waals surface area contributed by atoms with Crippen molar-refractivity contribution in [3.63, 3.8) is 0 Å². The highest BCUT2D eigenvalue weighted by molar-refractivity contribution is 8.22. The van der Waals surface area contributed by atoms with Crippen LogP contribution in [-0.2, 0) is 0 Å². The fourth-order valence-corrected chi connectivity index (χ4v) is 0. The largest absolute Gasteiger partial charge is 0.269 e. The Bertz CT molecular complexity index is 41.4. The Hall–Kier alpha value is 0.570. The minimum Gasteiger partial charge on any atom is -0.269 e. The summed E-state index contributed by atoms with van der Waals surface area (Å²) in [5.41, 5.74) is 0. The monoisotopic (exact) mass is 144 g/mol. The van der Waals surface area contributed by atoms with Gasteiger partial charge in [0.1, 0.15) is 0 Å². The number of halogens is 2. The molecule has 0 saturated carbocycles. The van der Waals surface area contributed by atoms with Crippen molar-refractivity contribution < 1.29 is 4.70 Å². The number of rotatable bonds is 0. The Labute approximate surface area is 52.5 Å². The molecule has 0 unspecified atom stereocenters. The fraction of sp³-hybridized carbons (Fsp3) is 1.00. The highest BCUT2D eigenvalue weighted by atomic mass is 35.7. The summed E-state index contributed by atoms with van der Waals surface area (Å²) in [6, 6.07) is 0. The molecule has 0 fully saturated rings. The summed E-state index contributed by atoms with van der Waals surface area (Å²) in [7, 11) is 6.75. The molecule has 0 aliphatic rings. The second kappa shape index (κ2) is 3.56. The highest BCUT2D eigenvalue weighted by Gasteiger charge is 2.06. The first-order valence-corrected chi connectivity index (χ1v) is 3.50.